The lowest BCUT2D eigenvalue weighted by atomic mass is 10.1. The number of aldehydes is 1. The zero-order valence-corrected chi connectivity index (χ0v) is 30.9. The molecule has 0 aliphatic carbocycles. The molecule has 11 amide bonds. The van der Waals surface area contributed by atoms with E-state index in [0.717, 1.165) is 9.80 Å². The Kier molecular flexibility index (Phi) is 17.3. The summed E-state index contributed by atoms with van der Waals surface area (Å²) in [4.78, 5) is 152. The molecule has 0 saturated carbocycles. The van der Waals surface area contributed by atoms with Gasteiger partial charge in [0.2, 0.25) is 65.0 Å². The summed E-state index contributed by atoms with van der Waals surface area (Å²) in [5.41, 5.74) is 26.7. The summed E-state index contributed by atoms with van der Waals surface area (Å²) in [6, 6.07) is -10.9. The predicted octanol–water partition coefficient (Wildman–Crippen LogP) is -7.54. The topological polar surface area (TPSA) is 402 Å². The second-order valence-electron chi connectivity index (χ2n) is 13.5. The van der Waals surface area contributed by atoms with Gasteiger partial charge >= 0.3 is 0 Å². The minimum Gasteiger partial charge on any atom is -0.370 e. The number of hydrogen-bond acceptors (Lipinski definition) is 13. The number of nitrogens with zero attached hydrogens (tertiary/aromatic N) is 2. The first-order valence-corrected chi connectivity index (χ1v) is 17.6. The number of likely N-dealkylation sites (tertiary alicyclic amines) is 2. The Morgan fingerprint density at radius 1 is 0.571 bits per heavy atom. The summed E-state index contributed by atoms with van der Waals surface area (Å²) in [5.74, 6) is -10.2. The van der Waals surface area contributed by atoms with Crippen LogP contribution < -0.4 is 55.3 Å². The van der Waals surface area contributed by atoms with Crippen LogP contribution in [0.25, 0.3) is 0 Å². The fraction of sp³-hybridized carbons (Fsp3) is 0.625. The van der Waals surface area contributed by atoms with Crippen molar-refractivity contribution < 1.29 is 57.5 Å². The van der Waals surface area contributed by atoms with Crippen LogP contribution in [0.5, 0.6) is 0 Å². The van der Waals surface area contributed by atoms with Crippen molar-refractivity contribution in [2.24, 2.45) is 28.7 Å². The summed E-state index contributed by atoms with van der Waals surface area (Å²) < 4.78 is 0. The van der Waals surface area contributed by atoms with Crippen LogP contribution >= 0.6 is 0 Å². The van der Waals surface area contributed by atoms with Gasteiger partial charge in [-0.25, -0.2) is 0 Å². The van der Waals surface area contributed by atoms with E-state index in [1.807, 2.05) is 0 Å². The molecule has 2 fully saturated rings. The number of nitrogens with two attached hydrogens (primary N) is 5. The molecule has 2 aliphatic heterocycles. The van der Waals surface area contributed by atoms with Gasteiger partial charge in [-0.05, 0) is 39.5 Å². The van der Waals surface area contributed by atoms with Crippen molar-refractivity contribution >= 4 is 71.3 Å². The predicted molar refractivity (Wildman–Crippen MR) is 190 cm³/mol. The lowest BCUT2D eigenvalue weighted by molar-refractivity contribution is -0.143. The third kappa shape index (κ3) is 13.6. The Balaban J connectivity index is 2.17. The van der Waals surface area contributed by atoms with E-state index in [-0.39, 0.29) is 32.4 Å². The SMILES string of the molecule is C[C@H](NC(=O)[C@H](CC(N)=O)NC(=O)[C@@H]1CCCN1C(=O)[C@@H](N)CC(N)=O)C(=O)N[C@@H](CC(N)=O)C(=O)N1CCC[C@H]1C(=O)N[C@@H](CC(N)=O)C(=O)N[C@@H](C)C=O. The molecule has 0 aromatic carbocycles. The number of primary amides is 4. The molecule has 2 rings (SSSR count). The monoisotopic (exact) mass is 794 g/mol. The van der Waals surface area contributed by atoms with Crippen LogP contribution in [0.4, 0.5) is 0 Å². The molecule has 8 atom stereocenters. The minimum absolute atomic E-state index is 0.0290. The molecule has 310 valence electrons. The van der Waals surface area contributed by atoms with Gasteiger partial charge in [0, 0.05) is 13.1 Å². The molecule has 24 heteroatoms. The highest BCUT2D eigenvalue weighted by Crippen LogP contribution is 2.21. The van der Waals surface area contributed by atoms with Gasteiger partial charge in [-0.15, -0.1) is 0 Å². The zero-order chi connectivity index (χ0) is 42.4. The van der Waals surface area contributed by atoms with E-state index in [0.29, 0.717) is 12.7 Å². The van der Waals surface area contributed by atoms with Gasteiger partial charge in [-0.3, -0.25) is 52.7 Å². The Hall–Kier alpha value is -6.20. The number of carbonyl (C=O) groups is 12. The van der Waals surface area contributed by atoms with E-state index in [4.69, 9.17) is 28.7 Å². The van der Waals surface area contributed by atoms with Crippen molar-refractivity contribution in [2.75, 3.05) is 13.1 Å². The van der Waals surface area contributed by atoms with Crippen LogP contribution in [-0.2, 0) is 57.5 Å². The second kappa shape index (κ2) is 21.0. The standard InChI is InChI=1S/C32H50N12O12/c1-14(13-45)38-27(51)17(10-23(35)47)40-30(54)21-6-4-8-44(21)32(56)19(12-25(37)49)42-26(50)15(2)39-28(52)18(11-24(36)48)41-29(53)20-5-3-7-43(20)31(55)16(33)9-22(34)46/h13-21H,3-12,33H2,1-2H3,(H2,34,46)(H2,35,47)(H2,36,48)(H2,37,49)(H,38,51)(H,39,52)(H,40,54)(H,41,53)(H,42,50)/t14-,15-,16-,17-,18-,19-,20-,21-/m0/s1. The van der Waals surface area contributed by atoms with Crippen LogP contribution in [0.3, 0.4) is 0 Å². The van der Waals surface area contributed by atoms with E-state index in [1.54, 1.807) is 0 Å². The van der Waals surface area contributed by atoms with Crippen molar-refractivity contribution in [2.45, 2.75) is 114 Å². The molecular weight excluding hydrogens is 744 g/mol. The van der Waals surface area contributed by atoms with Gasteiger partial charge in [0.15, 0.2) is 0 Å². The van der Waals surface area contributed by atoms with Gasteiger partial charge in [0.05, 0.1) is 37.8 Å². The van der Waals surface area contributed by atoms with Gasteiger partial charge in [-0.2, -0.15) is 0 Å². The molecule has 2 heterocycles. The van der Waals surface area contributed by atoms with Crippen LogP contribution in [0.15, 0.2) is 0 Å². The van der Waals surface area contributed by atoms with E-state index in [2.05, 4.69) is 26.6 Å². The molecular formula is C32H50N12O12. The highest BCUT2D eigenvalue weighted by atomic mass is 16.2. The first kappa shape index (κ1) is 46.0. The quantitative estimate of drug-likeness (QED) is 0.0484. The van der Waals surface area contributed by atoms with Gasteiger partial charge in [0.1, 0.15) is 42.5 Å². The first-order chi connectivity index (χ1) is 26.2. The van der Waals surface area contributed by atoms with Crippen molar-refractivity contribution in [1.82, 2.24) is 36.4 Å². The molecule has 0 spiro atoms. The average Bonchev–Trinajstić information content (AvgIpc) is 3.80. The van der Waals surface area contributed by atoms with Crippen LogP contribution in [0, 0.1) is 0 Å². The van der Waals surface area contributed by atoms with E-state index >= 15 is 0 Å². The molecule has 24 nitrogen and oxygen atoms in total. The molecule has 0 unspecified atom stereocenters. The summed E-state index contributed by atoms with van der Waals surface area (Å²) in [6.45, 7) is 2.61. The van der Waals surface area contributed by atoms with Crippen molar-refractivity contribution in [3.05, 3.63) is 0 Å². The van der Waals surface area contributed by atoms with E-state index in [1.165, 1.54) is 13.8 Å². The fourth-order valence-electron chi connectivity index (χ4n) is 6.12. The maximum Gasteiger partial charge on any atom is 0.246 e. The second-order valence-corrected chi connectivity index (χ2v) is 13.5. The molecule has 56 heavy (non-hydrogen) atoms. The van der Waals surface area contributed by atoms with E-state index in [9.17, 15) is 57.5 Å². The smallest absolute Gasteiger partial charge is 0.246 e. The number of nitrogens with one attached hydrogen (secondary N) is 5. The van der Waals surface area contributed by atoms with Crippen molar-refractivity contribution in [3.63, 3.8) is 0 Å². The highest BCUT2D eigenvalue weighted by molar-refractivity contribution is 6.00. The zero-order valence-electron chi connectivity index (χ0n) is 30.9. The third-order valence-electron chi connectivity index (χ3n) is 8.84. The summed E-state index contributed by atoms with van der Waals surface area (Å²) in [5, 5.41) is 11.6. The van der Waals surface area contributed by atoms with Gasteiger partial charge in [0.25, 0.3) is 0 Å². The highest BCUT2D eigenvalue weighted by Gasteiger charge is 2.41. The third-order valence-corrected chi connectivity index (χ3v) is 8.84. The van der Waals surface area contributed by atoms with Gasteiger partial charge in [-0.1, -0.05) is 0 Å². The molecule has 2 aliphatic rings. The maximum atomic E-state index is 13.7. The molecule has 0 radical (unpaired) electrons. The first-order valence-electron chi connectivity index (χ1n) is 17.6. The number of hydrogen-bond donors (Lipinski definition) is 10. The molecule has 2 saturated heterocycles. The lowest BCUT2D eigenvalue weighted by Crippen LogP contribution is -2.60. The molecule has 15 N–H and O–H groups in total. The van der Waals surface area contributed by atoms with Crippen molar-refractivity contribution in [1.29, 1.82) is 0 Å². The summed E-state index contributed by atoms with van der Waals surface area (Å²) in [6.07, 6.45) is -1.27. The van der Waals surface area contributed by atoms with E-state index < -0.39 is 139 Å². The number of rotatable bonds is 21. The number of carbonyl (C=O) groups excluding carboxylic acids is 12. The average molecular weight is 795 g/mol. The molecule has 0 bridgehead atoms. The number of amides is 11. The Labute approximate surface area is 320 Å². The minimum atomic E-state index is -1.65. The largest absolute Gasteiger partial charge is 0.370 e. The Bertz CT molecular complexity index is 1590. The molecule has 0 aromatic rings. The summed E-state index contributed by atoms with van der Waals surface area (Å²) >= 11 is 0. The van der Waals surface area contributed by atoms with Crippen LogP contribution in [-0.4, -0.2) is 142 Å². The maximum absolute atomic E-state index is 13.7. The van der Waals surface area contributed by atoms with Crippen molar-refractivity contribution in [3.8, 4) is 0 Å². The molecule has 0 aromatic heterocycles. The van der Waals surface area contributed by atoms with Gasteiger partial charge < -0.3 is 69.8 Å². The fourth-order valence-corrected chi connectivity index (χ4v) is 6.12. The Morgan fingerprint density at radius 2 is 0.982 bits per heavy atom. The summed E-state index contributed by atoms with van der Waals surface area (Å²) in [7, 11) is 0. The van der Waals surface area contributed by atoms with Crippen LogP contribution in [0.2, 0.25) is 0 Å². The Morgan fingerprint density at radius 3 is 1.41 bits per heavy atom. The normalized spacial score (nSPS) is 19.5. The lowest BCUT2D eigenvalue weighted by Gasteiger charge is -2.30. The van der Waals surface area contributed by atoms with Crippen LogP contribution in [0.1, 0.15) is 65.2 Å².